The van der Waals surface area contributed by atoms with Gasteiger partial charge in [0, 0.05) is 24.9 Å². The van der Waals surface area contributed by atoms with Crippen LogP contribution in [0.3, 0.4) is 0 Å². The lowest BCUT2D eigenvalue weighted by atomic mass is 9.96. The molecule has 2 aromatic carbocycles. The smallest absolute Gasteiger partial charge is 0.0470 e. The third-order valence-electron chi connectivity index (χ3n) is 3.78. The molecule has 0 radical (unpaired) electrons. The molecular formula is C19H19N. The van der Waals surface area contributed by atoms with Gasteiger partial charge in [-0.15, -0.1) is 0 Å². The van der Waals surface area contributed by atoms with Gasteiger partial charge in [0.15, 0.2) is 0 Å². The van der Waals surface area contributed by atoms with Crippen LogP contribution >= 0.6 is 0 Å². The Balaban J connectivity index is 1.77. The lowest BCUT2D eigenvalue weighted by Crippen LogP contribution is -1.97. The summed E-state index contributed by atoms with van der Waals surface area (Å²) >= 11 is 0. The van der Waals surface area contributed by atoms with E-state index in [1.54, 1.807) is 0 Å². The highest BCUT2D eigenvalue weighted by Gasteiger charge is 2.09. The van der Waals surface area contributed by atoms with E-state index < -0.39 is 0 Å². The van der Waals surface area contributed by atoms with Crippen molar-refractivity contribution in [3.05, 3.63) is 95.8 Å². The third-order valence-corrected chi connectivity index (χ3v) is 3.78. The Bertz CT molecular complexity index is 653. The zero-order valence-electron chi connectivity index (χ0n) is 11.7. The predicted molar refractivity (Wildman–Crippen MR) is 83.9 cm³/mol. The van der Waals surface area contributed by atoms with Crippen molar-refractivity contribution in [3.8, 4) is 0 Å². The van der Waals surface area contributed by atoms with Crippen molar-refractivity contribution in [2.24, 2.45) is 0 Å². The van der Waals surface area contributed by atoms with Crippen LogP contribution in [0.25, 0.3) is 0 Å². The van der Waals surface area contributed by atoms with E-state index in [0.29, 0.717) is 5.92 Å². The highest BCUT2D eigenvalue weighted by atomic mass is 14.9. The largest absolute Gasteiger partial charge is 0.350 e. The van der Waals surface area contributed by atoms with Gasteiger partial charge in [-0.3, -0.25) is 0 Å². The summed E-state index contributed by atoms with van der Waals surface area (Å²) in [5, 5.41) is 0. The van der Waals surface area contributed by atoms with Crippen LogP contribution in [0.4, 0.5) is 0 Å². The topological polar surface area (TPSA) is 4.93 Å². The standard InChI is InChI=1S/C19H19N/c1-16(18-10-6-3-7-11-18)19-12-13-20(15-19)14-17-8-4-2-5-9-17/h2-13,15-16H,14H2,1H3. The maximum absolute atomic E-state index is 2.26. The van der Waals surface area contributed by atoms with Gasteiger partial charge in [0.05, 0.1) is 0 Å². The van der Waals surface area contributed by atoms with Gasteiger partial charge in [0.2, 0.25) is 0 Å². The maximum Gasteiger partial charge on any atom is 0.0470 e. The maximum atomic E-state index is 2.26. The van der Waals surface area contributed by atoms with E-state index in [4.69, 9.17) is 0 Å². The molecule has 0 aliphatic carbocycles. The minimum atomic E-state index is 0.438. The molecule has 3 aromatic rings. The number of rotatable bonds is 4. The van der Waals surface area contributed by atoms with E-state index in [0.717, 1.165) is 6.54 Å². The van der Waals surface area contributed by atoms with Gasteiger partial charge in [-0.1, -0.05) is 67.6 Å². The number of nitrogens with zero attached hydrogens (tertiary/aromatic N) is 1. The molecule has 0 spiro atoms. The van der Waals surface area contributed by atoms with E-state index >= 15 is 0 Å². The minimum absolute atomic E-state index is 0.438. The van der Waals surface area contributed by atoms with Crippen molar-refractivity contribution < 1.29 is 0 Å². The van der Waals surface area contributed by atoms with Crippen molar-refractivity contribution in [1.82, 2.24) is 4.57 Å². The summed E-state index contributed by atoms with van der Waals surface area (Å²) in [7, 11) is 0. The number of hydrogen-bond acceptors (Lipinski definition) is 0. The summed E-state index contributed by atoms with van der Waals surface area (Å²) in [6.45, 7) is 3.19. The first-order chi connectivity index (χ1) is 9.83. The number of hydrogen-bond donors (Lipinski definition) is 0. The normalized spacial score (nSPS) is 12.2. The molecule has 20 heavy (non-hydrogen) atoms. The molecule has 0 saturated heterocycles. The molecule has 0 bridgehead atoms. The molecular weight excluding hydrogens is 242 g/mol. The average Bonchev–Trinajstić information content (AvgIpc) is 2.97. The molecule has 0 amide bonds. The molecule has 0 N–H and O–H groups in total. The van der Waals surface area contributed by atoms with Gasteiger partial charge >= 0.3 is 0 Å². The first-order valence-electron chi connectivity index (χ1n) is 7.07. The zero-order valence-corrected chi connectivity index (χ0v) is 11.7. The molecule has 1 unspecified atom stereocenters. The van der Waals surface area contributed by atoms with Gasteiger partial charge in [-0.2, -0.15) is 0 Å². The van der Waals surface area contributed by atoms with Crippen molar-refractivity contribution in [2.45, 2.75) is 19.4 Å². The summed E-state index contributed by atoms with van der Waals surface area (Å²) in [6.07, 6.45) is 4.42. The zero-order chi connectivity index (χ0) is 13.8. The summed E-state index contributed by atoms with van der Waals surface area (Å²) < 4.78 is 2.25. The lowest BCUT2D eigenvalue weighted by Gasteiger charge is -2.10. The summed E-state index contributed by atoms with van der Waals surface area (Å²) in [5.74, 6) is 0.438. The molecule has 0 aliphatic rings. The van der Waals surface area contributed by atoms with Crippen molar-refractivity contribution in [1.29, 1.82) is 0 Å². The fraction of sp³-hybridized carbons (Fsp3) is 0.158. The Morgan fingerprint density at radius 3 is 2.15 bits per heavy atom. The second kappa shape index (κ2) is 5.79. The molecule has 3 rings (SSSR count). The molecule has 0 fully saturated rings. The Labute approximate surface area is 120 Å². The molecule has 1 atom stereocenters. The van der Waals surface area contributed by atoms with Gasteiger partial charge in [0.1, 0.15) is 0 Å². The molecule has 1 nitrogen and oxygen atoms in total. The van der Waals surface area contributed by atoms with Crippen molar-refractivity contribution >= 4 is 0 Å². The molecule has 1 heteroatoms. The SMILES string of the molecule is CC(c1ccccc1)c1ccn(Cc2ccccc2)c1. The van der Waals surface area contributed by atoms with Crippen LogP contribution in [0.15, 0.2) is 79.1 Å². The summed E-state index contributed by atoms with van der Waals surface area (Å²) in [4.78, 5) is 0. The molecule has 0 saturated carbocycles. The first-order valence-corrected chi connectivity index (χ1v) is 7.07. The quantitative estimate of drug-likeness (QED) is 0.642. The van der Waals surface area contributed by atoms with E-state index in [1.807, 2.05) is 0 Å². The van der Waals surface area contributed by atoms with Gasteiger partial charge in [-0.05, 0) is 22.8 Å². The van der Waals surface area contributed by atoms with Gasteiger partial charge in [-0.25, -0.2) is 0 Å². The fourth-order valence-corrected chi connectivity index (χ4v) is 2.54. The number of benzene rings is 2. The Hall–Kier alpha value is -2.28. The second-order valence-electron chi connectivity index (χ2n) is 5.24. The molecule has 100 valence electrons. The third kappa shape index (κ3) is 2.83. The van der Waals surface area contributed by atoms with E-state index in [2.05, 4.69) is 90.6 Å². The van der Waals surface area contributed by atoms with Crippen LogP contribution in [0.1, 0.15) is 29.5 Å². The van der Waals surface area contributed by atoms with Crippen LogP contribution in [-0.4, -0.2) is 4.57 Å². The summed E-state index contributed by atoms with van der Waals surface area (Å²) in [6, 6.07) is 23.5. The molecule has 0 aliphatic heterocycles. The highest BCUT2D eigenvalue weighted by Crippen LogP contribution is 2.24. The van der Waals surface area contributed by atoms with Crippen LogP contribution in [0, 0.1) is 0 Å². The van der Waals surface area contributed by atoms with Crippen LogP contribution in [0.2, 0.25) is 0 Å². The predicted octanol–water partition coefficient (Wildman–Crippen LogP) is 4.69. The van der Waals surface area contributed by atoms with E-state index in [-0.39, 0.29) is 0 Å². The van der Waals surface area contributed by atoms with Crippen LogP contribution < -0.4 is 0 Å². The summed E-state index contributed by atoms with van der Waals surface area (Å²) in [5.41, 5.74) is 4.07. The fourth-order valence-electron chi connectivity index (χ4n) is 2.54. The highest BCUT2D eigenvalue weighted by molar-refractivity contribution is 5.30. The molecule has 1 heterocycles. The first kappa shape index (κ1) is 12.7. The Kier molecular flexibility index (Phi) is 3.69. The van der Waals surface area contributed by atoms with E-state index in [1.165, 1.54) is 16.7 Å². The lowest BCUT2D eigenvalue weighted by molar-refractivity contribution is 0.796. The minimum Gasteiger partial charge on any atom is -0.350 e. The van der Waals surface area contributed by atoms with Crippen LogP contribution in [0.5, 0.6) is 0 Å². The van der Waals surface area contributed by atoms with Gasteiger partial charge in [0.25, 0.3) is 0 Å². The van der Waals surface area contributed by atoms with Crippen LogP contribution in [-0.2, 0) is 6.54 Å². The molecule has 1 aromatic heterocycles. The average molecular weight is 261 g/mol. The van der Waals surface area contributed by atoms with Gasteiger partial charge < -0.3 is 4.57 Å². The Morgan fingerprint density at radius 1 is 0.800 bits per heavy atom. The van der Waals surface area contributed by atoms with E-state index in [9.17, 15) is 0 Å². The van der Waals surface area contributed by atoms with Crippen molar-refractivity contribution in [3.63, 3.8) is 0 Å². The second-order valence-corrected chi connectivity index (χ2v) is 5.24. The number of aromatic nitrogens is 1. The Morgan fingerprint density at radius 2 is 1.45 bits per heavy atom. The van der Waals surface area contributed by atoms with Crippen molar-refractivity contribution in [2.75, 3.05) is 0 Å². The monoisotopic (exact) mass is 261 g/mol.